The molecule has 4 heteroatoms. The lowest BCUT2D eigenvalue weighted by Crippen LogP contribution is -2.43. The Morgan fingerprint density at radius 1 is 1.27 bits per heavy atom. The van der Waals surface area contributed by atoms with Gasteiger partial charge in [0.05, 0.1) is 6.54 Å². The van der Waals surface area contributed by atoms with Crippen molar-refractivity contribution < 1.29 is 4.79 Å². The highest BCUT2D eigenvalue weighted by Crippen LogP contribution is 2.22. The monoisotopic (exact) mass is 213 g/mol. The highest BCUT2D eigenvalue weighted by Gasteiger charge is 2.21. The van der Waals surface area contributed by atoms with Crippen molar-refractivity contribution in [3.05, 3.63) is 0 Å². The van der Waals surface area contributed by atoms with Crippen molar-refractivity contribution in [2.45, 2.75) is 44.6 Å². The fourth-order valence-corrected chi connectivity index (χ4v) is 2.33. The number of hydrogen-bond acceptors (Lipinski definition) is 3. The first-order valence-electron chi connectivity index (χ1n) is 5.96. The van der Waals surface area contributed by atoms with E-state index in [4.69, 9.17) is 11.5 Å². The van der Waals surface area contributed by atoms with Crippen LogP contribution in [0.4, 0.5) is 0 Å². The highest BCUT2D eigenvalue weighted by atomic mass is 16.1. The molecule has 0 aromatic heterocycles. The molecule has 1 aliphatic carbocycles. The fourth-order valence-electron chi connectivity index (χ4n) is 2.33. The standard InChI is InChI=1S/C11H23N3O/c12-7-4-8-14(9-11(13)15)10-5-2-1-3-6-10/h10H,1-9,12H2,(H2,13,15). The SMILES string of the molecule is NCCCN(CC(N)=O)C1CCCCC1. The Morgan fingerprint density at radius 2 is 1.93 bits per heavy atom. The Hall–Kier alpha value is -0.610. The fraction of sp³-hybridized carbons (Fsp3) is 0.909. The van der Waals surface area contributed by atoms with Crippen molar-refractivity contribution >= 4 is 5.91 Å². The third-order valence-electron chi connectivity index (χ3n) is 3.10. The van der Waals surface area contributed by atoms with Gasteiger partial charge in [-0.2, -0.15) is 0 Å². The predicted octanol–water partition coefficient (Wildman–Crippen LogP) is 0.455. The number of primary amides is 1. The molecule has 15 heavy (non-hydrogen) atoms. The summed E-state index contributed by atoms with van der Waals surface area (Å²) in [7, 11) is 0. The van der Waals surface area contributed by atoms with Gasteiger partial charge < -0.3 is 11.5 Å². The van der Waals surface area contributed by atoms with Crippen LogP contribution < -0.4 is 11.5 Å². The highest BCUT2D eigenvalue weighted by molar-refractivity contribution is 5.75. The lowest BCUT2D eigenvalue weighted by atomic mass is 9.94. The Balaban J connectivity index is 2.41. The number of carbonyl (C=O) groups excluding carboxylic acids is 1. The normalized spacial score (nSPS) is 18.3. The van der Waals surface area contributed by atoms with Gasteiger partial charge in [-0.1, -0.05) is 19.3 Å². The van der Waals surface area contributed by atoms with Crippen molar-refractivity contribution in [3.8, 4) is 0 Å². The molecular weight excluding hydrogens is 190 g/mol. The van der Waals surface area contributed by atoms with E-state index in [0.717, 1.165) is 13.0 Å². The van der Waals surface area contributed by atoms with Crippen LogP contribution in [0.25, 0.3) is 0 Å². The lowest BCUT2D eigenvalue weighted by molar-refractivity contribution is -0.119. The van der Waals surface area contributed by atoms with Crippen LogP contribution in [0.2, 0.25) is 0 Å². The van der Waals surface area contributed by atoms with Crippen LogP contribution >= 0.6 is 0 Å². The van der Waals surface area contributed by atoms with Crippen molar-refractivity contribution in [1.82, 2.24) is 4.90 Å². The lowest BCUT2D eigenvalue weighted by Gasteiger charge is -2.33. The van der Waals surface area contributed by atoms with Crippen molar-refractivity contribution in [2.75, 3.05) is 19.6 Å². The molecule has 1 saturated carbocycles. The predicted molar refractivity (Wildman–Crippen MR) is 61.3 cm³/mol. The number of carbonyl (C=O) groups is 1. The van der Waals surface area contributed by atoms with Gasteiger partial charge in [-0.3, -0.25) is 9.69 Å². The Morgan fingerprint density at radius 3 is 2.47 bits per heavy atom. The molecule has 0 saturated heterocycles. The number of rotatable bonds is 6. The van der Waals surface area contributed by atoms with E-state index >= 15 is 0 Å². The zero-order valence-corrected chi connectivity index (χ0v) is 9.45. The largest absolute Gasteiger partial charge is 0.369 e. The second-order valence-electron chi connectivity index (χ2n) is 4.37. The smallest absolute Gasteiger partial charge is 0.231 e. The summed E-state index contributed by atoms with van der Waals surface area (Å²) in [6.07, 6.45) is 7.25. The minimum Gasteiger partial charge on any atom is -0.369 e. The molecule has 0 aromatic rings. The van der Waals surface area contributed by atoms with E-state index in [1.807, 2.05) is 0 Å². The van der Waals surface area contributed by atoms with Gasteiger partial charge >= 0.3 is 0 Å². The van der Waals surface area contributed by atoms with E-state index in [-0.39, 0.29) is 5.91 Å². The maximum absolute atomic E-state index is 11.0. The van der Waals surface area contributed by atoms with Gasteiger partial charge in [-0.25, -0.2) is 0 Å². The van der Waals surface area contributed by atoms with Gasteiger partial charge in [-0.15, -0.1) is 0 Å². The van der Waals surface area contributed by atoms with E-state index in [1.54, 1.807) is 0 Å². The molecule has 0 bridgehead atoms. The Labute approximate surface area is 92.0 Å². The van der Waals surface area contributed by atoms with Crippen LogP contribution in [0.3, 0.4) is 0 Å². The van der Waals surface area contributed by atoms with Crippen LogP contribution in [-0.2, 0) is 4.79 Å². The first-order valence-corrected chi connectivity index (χ1v) is 5.96. The summed E-state index contributed by atoms with van der Waals surface area (Å²) in [5, 5.41) is 0. The van der Waals surface area contributed by atoms with Gasteiger partial charge in [-0.05, 0) is 25.8 Å². The number of nitrogens with two attached hydrogens (primary N) is 2. The molecule has 4 nitrogen and oxygen atoms in total. The molecule has 0 unspecified atom stereocenters. The van der Waals surface area contributed by atoms with E-state index < -0.39 is 0 Å². The minimum absolute atomic E-state index is 0.224. The summed E-state index contributed by atoms with van der Waals surface area (Å²) in [6, 6.07) is 0.554. The molecule has 0 aliphatic heterocycles. The van der Waals surface area contributed by atoms with Gasteiger partial charge in [0.2, 0.25) is 5.91 Å². The third-order valence-corrected chi connectivity index (χ3v) is 3.10. The van der Waals surface area contributed by atoms with Crippen LogP contribution in [-0.4, -0.2) is 36.5 Å². The molecule has 1 rings (SSSR count). The Kier molecular flexibility index (Phi) is 5.65. The minimum atomic E-state index is -0.224. The topological polar surface area (TPSA) is 72.3 Å². The van der Waals surface area contributed by atoms with Crippen molar-refractivity contribution in [3.63, 3.8) is 0 Å². The molecule has 0 aromatic carbocycles. The van der Waals surface area contributed by atoms with E-state index in [2.05, 4.69) is 4.90 Å². The maximum Gasteiger partial charge on any atom is 0.231 e. The zero-order chi connectivity index (χ0) is 11.1. The average Bonchev–Trinajstić information content (AvgIpc) is 2.25. The van der Waals surface area contributed by atoms with Crippen LogP contribution in [0.15, 0.2) is 0 Å². The van der Waals surface area contributed by atoms with Crippen LogP contribution in [0.5, 0.6) is 0 Å². The van der Waals surface area contributed by atoms with Crippen molar-refractivity contribution in [1.29, 1.82) is 0 Å². The summed E-state index contributed by atoms with van der Waals surface area (Å²) in [6.45, 7) is 1.98. The molecular formula is C11H23N3O. The average molecular weight is 213 g/mol. The first kappa shape index (κ1) is 12.5. The van der Waals surface area contributed by atoms with E-state index in [1.165, 1.54) is 32.1 Å². The van der Waals surface area contributed by atoms with Gasteiger partial charge in [0, 0.05) is 12.6 Å². The first-order chi connectivity index (χ1) is 7.24. The number of amides is 1. The summed E-state index contributed by atoms with van der Waals surface area (Å²) in [4.78, 5) is 13.2. The molecule has 1 amide bonds. The molecule has 0 heterocycles. The molecule has 1 fully saturated rings. The summed E-state index contributed by atoms with van der Waals surface area (Å²) in [5.74, 6) is -0.224. The van der Waals surface area contributed by atoms with E-state index in [0.29, 0.717) is 19.1 Å². The second-order valence-corrected chi connectivity index (χ2v) is 4.37. The summed E-state index contributed by atoms with van der Waals surface area (Å²) in [5.41, 5.74) is 10.8. The number of nitrogens with zero attached hydrogens (tertiary/aromatic N) is 1. The van der Waals surface area contributed by atoms with Crippen molar-refractivity contribution in [2.24, 2.45) is 11.5 Å². The van der Waals surface area contributed by atoms with Gasteiger partial charge in [0.15, 0.2) is 0 Å². The molecule has 0 atom stereocenters. The second kappa shape index (κ2) is 6.80. The molecule has 4 N–H and O–H groups in total. The Bertz CT molecular complexity index is 190. The zero-order valence-electron chi connectivity index (χ0n) is 9.45. The maximum atomic E-state index is 11.0. The quantitative estimate of drug-likeness (QED) is 0.673. The van der Waals surface area contributed by atoms with Crippen LogP contribution in [0, 0.1) is 0 Å². The molecule has 1 aliphatic rings. The number of hydrogen-bond donors (Lipinski definition) is 2. The van der Waals surface area contributed by atoms with Crippen LogP contribution in [0.1, 0.15) is 38.5 Å². The molecule has 0 radical (unpaired) electrons. The summed E-state index contributed by atoms with van der Waals surface area (Å²) < 4.78 is 0. The summed E-state index contributed by atoms with van der Waals surface area (Å²) >= 11 is 0. The van der Waals surface area contributed by atoms with Gasteiger partial charge in [0.25, 0.3) is 0 Å². The molecule has 0 spiro atoms. The third kappa shape index (κ3) is 4.62. The van der Waals surface area contributed by atoms with Gasteiger partial charge in [0.1, 0.15) is 0 Å². The van der Waals surface area contributed by atoms with E-state index in [9.17, 15) is 4.79 Å². The molecule has 88 valence electrons.